The van der Waals surface area contributed by atoms with Gasteiger partial charge in [-0.15, -0.1) is 0 Å². The van der Waals surface area contributed by atoms with E-state index in [0.717, 1.165) is 33.5 Å². The number of rotatable bonds is 9. The van der Waals surface area contributed by atoms with E-state index in [1.54, 1.807) is 12.3 Å². The topological polar surface area (TPSA) is 55.6 Å². The van der Waals surface area contributed by atoms with E-state index in [-0.39, 0.29) is 12.5 Å². The van der Waals surface area contributed by atoms with Gasteiger partial charge in [0.2, 0.25) is 0 Å². The first kappa shape index (κ1) is 22.8. The van der Waals surface area contributed by atoms with Crippen LogP contribution in [-0.2, 0) is 11.2 Å². The molecule has 6 heteroatoms. The fourth-order valence-corrected chi connectivity index (χ4v) is 3.80. The van der Waals surface area contributed by atoms with E-state index in [1.807, 2.05) is 18.2 Å². The lowest BCUT2D eigenvalue weighted by molar-refractivity contribution is -0.123. The average molecular weight is 482 g/mol. The van der Waals surface area contributed by atoms with Crippen LogP contribution in [-0.4, -0.2) is 23.3 Å². The summed E-state index contributed by atoms with van der Waals surface area (Å²) in [7, 11) is 0. The van der Waals surface area contributed by atoms with E-state index < -0.39 is 0 Å². The van der Waals surface area contributed by atoms with E-state index >= 15 is 0 Å². The molecule has 0 atom stereocenters. The molecule has 2 aromatic carbocycles. The zero-order chi connectivity index (χ0) is 22.2. The van der Waals surface area contributed by atoms with Gasteiger partial charge in [-0.2, -0.15) is 5.10 Å². The number of carbonyl (C=O) groups excluding carboxylic acids is 1. The summed E-state index contributed by atoms with van der Waals surface area (Å²) >= 11 is 3.38. The summed E-state index contributed by atoms with van der Waals surface area (Å²) in [5.41, 5.74) is 8.16. The van der Waals surface area contributed by atoms with Crippen LogP contribution in [0.2, 0.25) is 0 Å². The van der Waals surface area contributed by atoms with Gasteiger partial charge >= 0.3 is 0 Å². The third-order valence-electron chi connectivity index (χ3n) is 5.04. The molecule has 0 aliphatic rings. The number of halogens is 1. The van der Waals surface area contributed by atoms with Gasteiger partial charge in [0.15, 0.2) is 6.61 Å². The van der Waals surface area contributed by atoms with Crippen LogP contribution in [0, 0.1) is 13.8 Å². The van der Waals surface area contributed by atoms with Gasteiger partial charge in [0.25, 0.3) is 5.91 Å². The highest BCUT2D eigenvalue weighted by Crippen LogP contribution is 2.21. The number of unbranched alkanes of at least 4 members (excludes halogenated alkanes) is 1. The Kier molecular flexibility index (Phi) is 8.06. The molecule has 0 saturated heterocycles. The van der Waals surface area contributed by atoms with Crippen LogP contribution in [0.1, 0.15) is 42.3 Å². The van der Waals surface area contributed by atoms with Gasteiger partial charge in [-0.3, -0.25) is 4.79 Å². The third kappa shape index (κ3) is 6.31. The Morgan fingerprint density at radius 3 is 2.65 bits per heavy atom. The van der Waals surface area contributed by atoms with Crippen molar-refractivity contribution in [2.24, 2.45) is 5.10 Å². The zero-order valence-electron chi connectivity index (χ0n) is 18.2. The Labute approximate surface area is 192 Å². The number of hydrogen-bond acceptors (Lipinski definition) is 3. The number of amides is 1. The summed E-state index contributed by atoms with van der Waals surface area (Å²) in [5.74, 6) is 0.311. The predicted octanol–water partition coefficient (Wildman–Crippen LogP) is 5.73. The Hall–Kier alpha value is -2.86. The molecule has 0 fully saturated rings. The number of ether oxygens (including phenoxy) is 1. The van der Waals surface area contributed by atoms with Gasteiger partial charge in [0, 0.05) is 27.1 Å². The molecule has 0 unspecified atom stereocenters. The monoisotopic (exact) mass is 481 g/mol. The standard InChI is InChI=1S/C25H28BrN3O2/c1-4-5-7-20-10-12-23(13-11-20)29-18(2)14-21(19(29)3)16-27-28-25(30)17-31-24-9-6-8-22(26)15-24/h6,8-16H,4-5,7,17H2,1-3H3,(H,28,30)/b27-16+. The van der Waals surface area contributed by atoms with Crippen molar-refractivity contribution < 1.29 is 9.53 Å². The number of hydrazone groups is 1. The molecule has 0 aliphatic heterocycles. The maximum absolute atomic E-state index is 12.0. The van der Waals surface area contributed by atoms with Crippen LogP contribution in [0.5, 0.6) is 5.75 Å². The maximum atomic E-state index is 12.0. The van der Waals surface area contributed by atoms with Crippen molar-refractivity contribution in [3.05, 3.63) is 81.6 Å². The molecule has 31 heavy (non-hydrogen) atoms. The molecule has 162 valence electrons. The molecule has 1 heterocycles. The highest BCUT2D eigenvalue weighted by atomic mass is 79.9. The van der Waals surface area contributed by atoms with Gasteiger partial charge in [0.1, 0.15) is 5.75 Å². The largest absolute Gasteiger partial charge is 0.484 e. The molecular formula is C25H28BrN3O2. The number of benzene rings is 2. The van der Waals surface area contributed by atoms with Crippen LogP contribution in [0.15, 0.2) is 64.2 Å². The molecule has 1 N–H and O–H groups in total. The number of aryl methyl sites for hydroxylation is 2. The molecule has 0 spiro atoms. The van der Waals surface area contributed by atoms with Crippen molar-refractivity contribution in [3.8, 4) is 11.4 Å². The molecule has 0 radical (unpaired) electrons. The zero-order valence-corrected chi connectivity index (χ0v) is 19.8. The molecule has 0 aliphatic carbocycles. The number of carbonyl (C=O) groups is 1. The minimum Gasteiger partial charge on any atom is -0.484 e. The number of hydrogen-bond donors (Lipinski definition) is 1. The van der Waals surface area contributed by atoms with Crippen molar-refractivity contribution in [3.63, 3.8) is 0 Å². The van der Waals surface area contributed by atoms with Crippen molar-refractivity contribution in [1.29, 1.82) is 0 Å². The average Bonchev–Trinajstić information content (AvgIpc) is 3.04. The SMILES string of the molecule is CCCCc1ccc(-n2c(C)cc(/C=N/NC(=O)COc3cccc(Br)c3)c2C)cc1. The van der Waals surface area contributed by atoms with E-state index in [4.69, 9.17) is 4.74 Å². The molecule has 0 bridgehead atoms. The second kappa shape index (κ2) is 11.0. The molecule has 3 aromatic rings. The summed E-state index contributed by atoms with van der Waals surface area (Å²) in [6.45, 7) is 6.23. The Bertz CT molecular complexity index is 1060. The Morgan fingerprint density at radius 2 is 1.94 bits per heavy atom. The summed E-state index contributed by atoms with van der Waals surface area (Å²) in [6, 6.07) is 18.1. The van der Waals surface area contributed by atoms with E-state index in [0.29, 0.717) is 5.75 Å². The number of aromatic nitrogens is 1. The van der Waals surface area contributed by atoms with E-state index in [2.05, 4.69) is 82.1 Å². The van der Waals surface area contributed by atoms with Gasteiger partial charge in [0.05, 0.1) is 6.21 Å². The summed E-state index contributed by atoms with van der Waals surface area (Å²) in [4.78, 5) is 12.0. The lowest BCUT2D eigenvalue weighted by Crippen LogP contribution is -2.24. The summed E-state index contributed by atoms with van der Waals surface area (Å²) in [6.07, 6.45) is 5.20. The smallest absolute Gasteiger partial charge is 0.277 e. The van der Waals surface area contributed by atoms with Crippen molar-refractivity contribution in [2.75, 3.05) is 6.61 Å². The summed E-state index contributed by atoms with van der Waals surface area (Å²) < 4.78 is 8.57. The van der Waals surface area contributed by atoms with Gasteiger partial charge in [-0.05, 0) is 68.7 Å². The molecule has 3 rings (SSSR count). The molecule has 1 amide bonds. The number of nitrogens with zero attached hydrogens (tertiary/aromatic N) is 2. The first-order chi connectivity index (χ1) is 15.0. The van der Waals surface area contributed by atoms with Crippen LogP contribution in [0.25, 0.3) is 5.69 Å². The Morgan fingerprint density at radius 1 is 1.16 bits per heavy atom. The first-order valence-electron chi connectivity index (χ1n) is 10.5. The van der Waals surface area contributed by atoms with Gasteiger partial charge in [-0.25, -0.2) is 5.43 Å². The number of nitrogens with one attached hydrogen (secondary N) is 1. The van der Waals surface area contributed by atoms with Crippen molar-refractivity contribution >= 4 is 28.1 Å². The minimum absolute atomic E-state index is 0.100. The highest BCUT2D eigenvalue weighted by molar-refractivity contribution is 9.10. The Balaban J connectivity index is 1.60. The predicted molar refractivity (Wildman–Crippen MR) is 129 cm³/mol. The van der Waals surface area contributed by atoms with Crippen LogP contribution in [0.4, 0.5) is 0 Å². The molecule has 0 saturated carbocycles. The maximum Gasteiger partial charge on any atom is 0.277 e. The molecule has 1 aromatic heterocycles. The van der Waals surface area contributed by atoms with Crippen molar-refractivity contribution in [2.45, 2.75) is 40.0 Å². The molecule has 5 nitrogen and oxygen atoms in total. The first-order valence-corrected chi connectivity index (χ1v) is 11.3. The summed E-state index contributed by atoms with van der Waals surface area (Å²) in [5, 5.41) is 4.10. The van der Waals surface area contributed by atoms with Crippen LogP contribution < -0.4 is 10.2 Å². The fourth-order valence-electron chi connectivity index (χ4n) is 3.42. The minimum atomic E-state index is -0.312. The fraction of sp³-hybridized carbons (Fsp3) is 0.280. The lowest BCUT2D eigenvalue weighted by Gasteiger charge is -2.10. The lowest BCUT2D eigenvalue weighted by atomic mass is 10.1. The van der Waals surface area contributed by atoms with Gasteiger partial charge in [-0.1, -0.05) is 47.5 Å². The van der Waals surface area contributed by atoms with Crippen molar-refractivity contribution in [1.82, 2.24) is 9.99 Å². The van der Waals surface area contributed by atoms with Gasteiger partial charge < -0.3 is 9.30 Å². The second-order valence-corrected chi connectivity index (χ2v) is 8.39. The van der Waals surface area contributed by atoms with E-state index in [1.165, 1.54) is 18.4 Å². The third-order valence-corrected chi connectivity index (χ3v) is 5.54. The molecular weight excluding hydrogens is 454 g/mol. The quantitative estimate of drug-likeness (QED) is 0.313. The highest BCUT2D eigenvalue weighted by Gasteiger charge is 2.10. The van der Waals surface area contributed by atoms with Crippen LogP contribution in [0.3, 0.4) is 0 Å². The van der Waals surface area contributed by atoms with E-state index in [9.17, 15) is 4.79 Å². The van der Waals surface area contributed by atoms with Crippen LogP contribution >= 0.6 is 15.9 Å². The second-order valence-electron chi connectivity index (χ2n) is 7.47. The normalized spacial score (nSPS) is 11.1.